The summed E-state index contributed by atoms with van der Waals surface area (Å²) in [4.78, 5) is 23.7. The van der Waals surface area contributed by atoms with Crippen molar-refractivity contribution in [2.24, 2.45) is 0 Å². The van der Waals surface area contributed by atoms with E-state index in [9.17, 15) is 9.59 Å². The summed E-state index contributed by atoms with van der Waals surface area (Å²) in [5.41, 5.74) is 2.64. The molecule has 3 nitrogen and oxygen atoms in total. The van der Waals surface area contributed by atoms with Gasteiger partial charge in [0.1, 0.15) is 0 Å². The minimum Gasteiger partial charge on any atom is -0.321 e. The second-order valence-electron chi connectivity index (χ2n) is 4.52. The lowest BCUT2D eigenvalue weighted by atomic mass is 10.1. The van der Waals surface area contributed by atoms with Gasteiger partial charge in [-0.15, -0.1) is 0 Å². The molecule has 4 heteroatoms. The highest BCUT2D eigenvalue weighted by Gasteiger charge is 2.11. The molecule has 0 fully saturated rings. The van der Waals surface area contributed by atoms with Gasteiger partial charge < -0.3 is 5.32 Å². The molecule has 0 saturated heterocycles. The number of anilines is 1. The largest absolute Gasteiger partial charge is 0.321 e. The van der Waals surface area contributed by atoms with E-state index in [1.54, 1.807) is 36.4 Å². The number of amides is 1. The molecule has 2 aromatic carbocycles. The summed E-state index contributed by atoms with van der Waals surface area (Å²) in [6, 6.07) is 12.4. The highest BCUT2D eigenvalue weighted by Crippen LogP contribution is 2.20. The van der Waals surface area contributed by atoms with Gasteiger partial charge in [-0.25, -0.2) is 0 Å². The average Bonchev–Trinajstić information content (AvgIpc) is 2.42. The number of hydrogen-bond donors (Lipinski definition) is 1. The van der Waals surface area contributed by atoms with Gasteiger partial charge in [-0.05, 0) is 43.7 Å². The van der Waals surface area contributed by atoms with Gasteiger partial charge in [0, 0.05) is 15.6 Å². The number of carbonyl (C=O) groups excluding carboxylic acids is 2. The Hall–Kier alpha value is -1.94. The van der Waals surface area contributed by atoms with E-state index in [-0.39, 0.29) is 11.7 Å². The van der Waals surface area contributed by atoms with Crippen molar-refractivity contribution in [3.8, 4) is 0 Å². The van der Waals surface area contributed by atoms with Crippen molar-refractivity contribution in [3.63, 3.8) is 0 Å². The number of nitrogens with one attached hydrogen (secondary N) is 1. The van der Waals surface area contributed by atoms with Crippen LogP contribution in [0.2, 0.25) is 0 Å². The minimum absolute atomic E-state index is 0.0778. The van der Waals surface area contributed by atoms with Gasteiger partial charge in [-0.3, -0.25) is 9.59 Å². The highest BCUT2D eigenvalue weighted by molar-refractivity contribution is 9.10. The van der Waals surface area contributed by atoms with Crippen LogP contribution >= 0.6 is 15.9 Å². The minimum atomic E-state index is -0.237. The van der Waals surface area contributed by atoms with E-state index < -0.39 is 0 Å². The normalized spacial score (nSPS) is 10.2. The van der Waals surface area contributed by atoms with Crippen LogP contribution in [-0.4, -0.2) is 11.7 Å². The smallest absolute Gasteiger partial charge is 0.255 e. The fourth-order valence-corrected chi connectivity index (χ4v) is 2.21. The zero-order chi connectivity index (χ0) is 14.7. The van der Waals surface area contributed by atoms with Crippen molar-refractivity contribution in [3.05, 3.63) is 63.6 Å². The summed E-state index contributed by atoms with van der Waals surface area (Å²) < 4.78 is 0.880. The Morgan fingerprint density at radius 2 is 1.80 bits per heavy atom. The molecule has 20 heavy (non-hydrogen) atoms. The van der Waals surface area contributed by atoms with Crippen LogP contribution in [0.3, 0.4) is 0 Å². The van der Waals surface area contributed by atoms with E-state index in [0.717, 1.165) is 10.0 Å². The molecule has 2 rings (SSSR count). The zero-order valence-corrected chi connectivity index (χ0v) is 12.8. The highest BCUT2D eigenvalue weighted by atomic mass is 79.9. The first-order valence-electron chi connectivity index (χ1n) is 6.16. The predicted molar refractivity (Wildman–Crippen MR) is 83.3 cm³/mol. The molecule has 102 valence electrons. The van der Waals surface area contributed by atoms with Gasteiger partial charge in [0.15, 0.2) is 5.78 Å². The Kier molecular flexibility index (Phi) is 4.35. The molecule has 0 aliphatic carbocycles. The molecule has 0 heterocycles. The van der Waals surface area contributed by atoms with E-state index >= 15 is 0 Å². The Balaban J connectivity index is 2.28. The summed E-state index contributed by atoms with van der Waals surface area (Å²) in [6.07, 6.45) is 0. The average molecular weight is 332 g/mol. The van der Waals surface area contributed by atoms with Gasteiger partial charge in [-0.2, -0.15) is 0 Å². The third kappa shape index (κ3) is 3.14. The SMILES string of the molecule is CC(=O)c1ccccc1NC(=O)c1ccc(C)c(Br)c1. The Morgan fingerprint density at radius 1 is 1.10 bits per heavy atom. The van der Waals surface area contributed by atoms with E-state index in [2.05, 4.69) is 21.2 Å². The lowest BCUT2D eigenvalue weighted by Gasteiger charge is -2.09. The van der Waals surface area contributed by atoms with Crippen LogP contribution in [0, 0.1) is 6.92 Å². The first-order valence-corrected chi connectivity index (χ1v) is 6.96. The molecule has 0 aliphatic heterocycles. The molecule has 0 spiro atoms. The van der Waals surface area contributed by atoms with Crippen molar-refractivity contribution in [2.75, 3.05) is 5.32 Å². The summed E-state index contributed by atoms with van der Waals surface area (Å²) >= 11 is 3.40. The van der Waals surface area contributed by atoms with Gasteiger partial charge in [0.2, 0.25) is 0 Å². The number of aryl methyl sites for hydroxylation is 1. The predicted octanol–water partition coefficient (Wildman–Crippen LogP) is 4.21. The number of halogens is 1. The molecule has 1 N–H and O–H groups in total. The molecular formula is C16H14BrNO2. The van der Waals surface area contributed by atoms with Crippen LogP contribution in [0.15, 0.2) is 46.9 Å². The first kappa shape index (κ1) is 14.5. The van der Waals surface area contributed by atoms with Crippen molar-refractivity contribution in [1.29, 1.82) is 0 Å². The molecule has 0 radical (unpaired) electrons. The monoisotopic (exact) mass is 331 g/mol. The van der Waals surface area contributed by atoms with Crippen molar-refractivity contribution in [2.45, 2.75) is 13.8 Å². The second kappa shape index (κ2) is 6.01. The summed E-state index contributed by atoms with van der Waals surface area (Å²) in [5, 5.41) is 2.77. The maximum absolute atomic E-state index is 12.2. The molecule has 2 aromatic rings. The molecule has 1 amide bonds. The summed E-state index contributed by atoms with van der Waals surface area (Å²) in [7, 11) is 0. The molecule has 0 unspecified atom stereocenters. The fraction of sp³-hybridized carbons (Fsp3) is 0.125. The molecule has 0 saturated carbocycles. The lowest BCUT2D eigenvalue weighted by molar-refractivity contribution is 0.101. The van der Waals surface area contributed by atoms with E-state index in [0.29, 0.717) is 16.8 Å². The third-order valence-corrected chi connectivity index (χ3v) is 3.84. The molecule has 0 atom stereocenters. The van der Waals surface area contributed by atoms with Crippen molar-refractivity contribution >= 4 is 33.3 Å². The summed E-state index contributed by atoms with van der Waals surface area (Å²) in [6.45, 7) is 3.43. The maximum Gasteiger partial charge on any atom is 0.255 e. The molecule has 0 bridgehead atoms. The van der Waals surface area contributed by atoms with Crippen LogP contribution < -0.4 is 5.32 Å². The van der Waals surface area contributed by atoms with Crippen LogP contribution in [0.25, 0.3) is 0 Å². The van der Waals surface area contributed by atoms with Crippen LogP contribution in [0.5, 0.6) is 0 Å². The van der Waals surface area contributed by atoms with Crippen LogP contribution in [0.4, 0.5) is 5.69 Å². The quantitative estimate of drug-likeness (QED) is 0.856. The van der Waals surface area contributed by atoms with Crippen molar-refractivity contribution < 1.29 is 9.59 Å². The zero-order valence-electron chi connectivity index (χ0n) is 11.2. The Bertz CT molecular complexity index is 680. The lowest BCUT2D eigenvalue weighted by Crippen LogP contribution is -2.14. The van der Waals surface area contributed by atoms with Gasteiger partial charge in [0.05, 0.1) is 5.69 Å². The van der Waals surface area contributed by atoms with Crippen LogP contribution in [0.1, 0.15) is 33.2 Å². The number of carbonyl (C=O) groups is 2. The molecule has 0 aromatic heterocycles. The topological polar surface area (TPSA) is 46.2 Å². The number of Topliss-reactive ketones (excluding diaryl/α,β-unsaturated/α-hetero) is 1. The molecule has 0 aliphatic rings. The third-order valence-electron chi connectivity index (χ3n) is 2.99. The number of para-hydroxylation sites is 1. The van der Waals surface area contributed by atoms with E-state index in [1.165, 1.54) is 6.92 Å². The fourth-order valence-electron chi connectivity index (χ4n) is 1.83. The Morgan fingerprint density at radius 3 is 2.45 bits per heavy atom. The number of rotatable bonds is 3. The standard InChI is InChI=1S/C16H14BrNO2/c1-10-7-8-12(9-14(10)17)16(20)18-15-6-4-3-5-13(15)11(2)19/h3-9H,1-2H3,(H,18,20). The van der Waals surface area contributed by atoms with Gasteiger partial charge in [-0.1, -0.05) is 34.1 Å². The van der Waals surface area contributed by atoms with Crippen LogP contribution in [-0.2, 0) is 0 Å². The number of ketones is 1. The second-order valence-corrected chi connectivity index (χ2v) is 5.37. The first-order chi connectivity index (χ1) is 9.49. The Labute approximate surface area is 126 Å². The summed E-state index contributed by atoms with van der Waals surface area (Å²) in [5.74, 6) is -0.314. The van der Waals surface area contributed by atoms with E-state index in [4.69, 9.17) is 0 Å². The van der Waals surface area contributed by atoms with Gasteiger partial charge in [0.25, 0.3) is 5.91 Å². The van der Waals surface area contributed by atoms with Crippen molar-refractivity contribution in [1.82, 2.24) is 0 Å². The molecular weight excluding hydrogens is 318 g/mol. The number of hydrogen-bond acceptors (Lipinski definition) is 2. The number of benzene rings is 2. The maximum atomic E-state index is 12.2. The van der Waals surface area contributed by atoms with Gasteiger partial charge >= 0.3 is 0 Å². The van der Waals surface area contributed by atoms with E-state index in [1.807, 2.05) is 13.0 Å².